The molecule has 7 heteroatoms. The number of rotatable bonds is 6. The normalized spacial score (nSPS) is 17.0. The predicted molar refractivity (Wildman–Crippen MR) is 105 cm³/mol. The molecule has 5 nitrogen and oxygen atoms in total. The number of carbonyl (C=O) groups excluding carboxylic acids is 1. The molecule has 0 fully saturated rings. The number of ether oxygens (including phenoxy) is 1. The Hall–Kier alpha value is -1.73. The summed E-state index contributed by atoms with van der Waals surface area (Å²) in [5.41, 5.74) is 2.01. The Morgan fingerprint density at radius 2 is 2.15 bits per heavy atom. The fourth-order valence-electron chi connectivity index (χ4n) is 2.88. The van der Waals surface area contributed by atoms with Crippen molar-refractivity contribution in [2.45, 2.75) is 53.8 Å². The molecule has 0 amide bonds. The maximum Gasteiger partial charge on any atom is 0.318 e. The zero-order valence-corrected chi connectivity index (χ0v) is 16.7. The Kier molecular flexibility index (Phi) is 6.09. The van der Waals surface area contributed by atoms with Crippen LogP contribution < -0.4 is 5.56 Å². The smallest absolute Gasteiger partial charge is 0.318 e. The van der Waals surface area contributed by atoms with Gasteiger partial charge in [-0.2, -0.15) is 0 Å². The molecule has 3 rings (SSSR count). The van der Waals surface area contributed by atoms with Gasteiger partial charge in [-0.25, -0.2) is 4.98 Å². The van der Waals surface area contributed by atoms with Crippen molar-refractivity contribution in [2.24, 2.45) is 0 Å². The minimum Gasteiger partial charge on any atom is -0.468 e. The van der Waals surface area contributed by atoms with Crippen molar-refractivity contribution in [3.8, 4) is 0 Å². The Bertz CT molecular complexity index is 852. The number of methoxy groups -OCH3 is 1. The van der Waals surface area contributed by atoms with E-state index < -0.39 is 5.25 Å². The monoisotopic (exact) mass is 390 g/mol. The number of aryl methyl sites for hydroxylation is 1. The van der Waals surface area contributed by atoms with Crippen molar-refractivity contribution in [1.29, 1.82) is 0 Å². The second kappa shape index (κ2) is 8.31. The molecule has 0 bridgehead atoms. The SMILES string of the molecule is COC(=O)[C@@H](C)Sc1nc2c(c(=O)n1CCc1ccccc1)S[C@H](C)C2. The van der Waals surface area contributed by atoms with Crippen LogP contribution in [-0.2, 0) is 28.9 Å². The lowest BCUT2D eigenvalue weighted by atomic mass is 10.1. The van der Waals surface area contributed by atoms with E-state index in [9.17, 15) is 9.59 Å². The van der Waals surface area contributed by atoms with Crippen LogP contribution in [0.4, 0.5) is 0 Å². The van der Waals surface area contributed by atoms with E-state index in [-0.39, 0.29) is 11.5 Å². The second-order valence-electron chi connectivity index (χ2n) is 6.28. The molecule has 26 heavy (non-hydrogen) atoms. The Morgan fingerprint density at radius 3 is 2.85 bits per heavy atom. The third-order valence-electron chi connectivity index (χ3n) is 4.25. The third-order valence-corrected chi connectivity index (χ3v) is 6.53. The molecule has 0 aliphatic carbocycles. The summed E-state index contributed by atoms with van der Waals surface area (Å²) in [6.45, 7) is 4.41. The molecule has 0 saturated heterocycles. The van der Waals surface area contributed by atoms with Gasteiger partial charge >= 0.3 is 5.97 Å². The summed E-state index contributed by atoms with van der Waals surface area (Å²) in [5.74, 6) is -0.318. The highest BCUT2D eigenvalue weighted by atomic mass is 32.2. The van der Waals surface area contributed by atoms with Crippen LogP contribution in [-0.4, -0.2) is 33.1 Å². The van der Waals surface area contributed by atoms with E-state index in [0.717, 1.165) is 29.0 Å². The molecule has 0 radical (unpaired) electrons. The van der Waals surface area contributed by atoms with Crippen molar-refractivity contribution in [3.05, 3.63) is 51.9 Å². The summed E-state index contributed by atoms with van der Waals surface area (Å²) in [5, 5.41) is 0.530. The van der Waals surface area contributed by atoms with Gasteiger partial charge in [-0.15, -0.1) is 11.8 Å². The van der Waals surface area contributed by atoms with E-state index >= 15 is 0 Å². The highest BCUT2D eigenvalue weighted by molar-refractivity contribution is 8.00. The molecule has 1 aromatic carbocycles. The fraction of sp³-hybridized carbons (Fsp3) is 0.421. The molecule has 0 saturated carbocycles. The molecular weight excluding hydrogens is 368 g/mol. The number of benzene rings is 1. The topological polar surface area (TPSA) is 61.2 Å². The van der Waals surface area contributed by atoms with Crippen LogP contribution >= 0.6 is 23.5 Å². The van der Waals surface area contributed by atoms with Crippen LogP contribution in [0, 0.1) is 0 Å². The van der Waals surface area contributed by atoms with Crippen molar-refractivity contribution in [1.82, 2.24) is 9.55 Å². The average molecular weight is 391 g/mol. The molecule has 0 unspecified atom stereocenters. The number of aromatic nitrogens is 2. The first-order chi connectivity index (χ1) is 12.5. The number of nitrogens with zero attached hydrogens (tertiary/aromatic N) is 2. The molecule has 2 atom stereocenters. The number of hydrogen-bond acceptors (Lipinski definition) is 6. The van der Waals surface area contributed by atoms with Crippen molar-refractivity contribution >= 4 is 29.5 Å². The average Bonchev–Trinajstić information content (AvgIpc) is 3.02. The van der Waals surface area contributed by atoms with E-state index in [0.29, 0.717) is 17.0 Å². The van der Waals surface area contributed by atoms with Gasteiger partial charge in [0.25, 0.3) is 5.56 Å². The molecule has 1 aliphatic heterocycles. The zero-order chi connectivity index (χ0) is 18.7. The summed E-state index contributed by atoms with van der Waals surface area (Å²) >= 11 is 2.88. The zero-order valence-electron chi connectivity index (χ0n) is 15.1. The Morgan fingerprint density at radius 1 is 1.42 bits per heavy atom. The van der Waals surface area contributed by atoms with Gasteiger partial charge < -0.3 is 4.74 Å². The minimum atomic E-state index is -0.417. The second-order valence-corrected chi connectivity index (χ2v) is 9.04. The van der Waals surface area contributed by atoms with Gasteiger partial charge in [0.2, 0.25) is 0 Å². The van der Waals surface area contributed by atoms with E-state index in [1.165, 1.54) is 18.9 Å². The van der Waals surface area contributed by atoms with Gasteiger partial charge in [-0.05, 0) is 18.9 Å². The van der Waals surface area contributed by atoms with Crippen LogP contribution in [0.5, 0.6) is 0 Å². The van der Waals surface area contributed by atoms with E-state index in [1.807, 2.05) is 30.3 Å². The lowest BCUT2D eigenvalue weighted by Crippen LogP contribution is -2.27. The third kappa shape index (κ3) is 4.15. The molecule has 2 aromatic rings. The van der Waals surface area contributed by atoms with Crippen LogP contribution in [0.2, 0.25) is 0 Å². The van der Waals surface area contributed by atoms with E-state index in [2.05, 4.69) is 6.92 Å². The number of carbonyl (C=O) groups is 1. The molecule has 138 valence electrons. The van der Waals surface area contributed by atoms with Crippen molar-refractivity contribution < 1.29 is 9.53 Å². The summed E-state index contributed by atoms with van der Waals surface area (Å²) in [4.78, 5) is 30.3. The largest absolute Gasteiger partial charge is 0.468 e. The van der Waals surface area contributed by atoms with Crippen LogP contribution in [0.15, 0.2) is 45.2 Å². The standard InChI is InChI=1S/C19H22N2O3S2/c1-12-11-15-16(25-12)17(22)21(10-9-14-7-5-4-6-8-14)19(20-15)26-13(2)18(23)24-3/h4-8,12-13H,9-11H2,1-3H3/t12-,13-/m1/s1. The summed E-state index contributed by atoms with van der Waals surface area (Å²) < 4.78 is 6.52. The first kappa shape index (κ1) is 19.0. The maximum atomic E-state index is 13.0. The molecule has 1 aromatic heterocycles. The number of thioether (sulfide) groups is 2. The van der Waals surface area contributed by atoms with E-state index in [1.54, 1.807) is 23.3 Å². The van der Waals surface area contributed by atoms with Crippen LogP contribution in [0.1, 0.15) is 25.1 Å². The fourth-order valence-corrected chi connectivity index (χ4v) is 4.97. The van der Waals surface area contributed by atoms with Crippen molar-refractivity contribution in [2.75, 3.05) is 7.11 Å². The van der Waals surface area contributed by atoms with Gasteiger partial charge in [0.15, 0.2) is 5.16 Å². The molecule has 0 spiro atoms. The summed E-state index contributed by atoms with van der Waals surface area (Å²) in [7, 11) is 1.37. The highest BCUT2D eigenvalue weighted by Crippen LogP contribution is 2.34. The molecule has 2 heterocycles. The number of hydrogen-bond donors (Lipinski definition) is 0. The van der Waals surface area contributed by atoms with Gasteiger partial charge in [-0.3, -0.25) is 14.2 Å². The molecule has 0 N–H and O–H groups in total. The van der Waals surface area contributed by atoms with Crippen LogP contribution in [0.25, 0.3) is 0 Å². The molecule has 1 aliphatic rings. The Balaban J connectivity index is 1.93. The summed E-state index contributed by atoms with van der Waals surface area (Å²) in [6.07, 6.45) is 1.52. The van der Waals surface area contributed by atoms with E-state index in [4.69, 9.17) is 9.72 Å². The van der Waals surface area contributed by atoms with Crippen LogP contribution in [0.3, 0.4) is 0 Å². The maximum absolute atomic E-state index is 13.0. The van der Waals surface area contributed by atoms with Gasteiger partial charge in [0.05, 0.1) is 17.7 Å². The minimum absolute atomic E-state index is 0.000142. The first-order valence-corrected chi connectivity index (χ1v) is 10.3. The lowest BCUT2D eigenvalue weighted by Gasteiger charge is -2.15. The van der Waals surface area contributed by atoms with Gasteiger partial charge in [0.1, 0.15) is 5.25 Å². The Labute approximate surface area is 161 Å². The number of fused-ring (bicyclic) bond motifs is 1. The molecular formula is C19H22N2O3S2. The summed E-state index contributed by atoms with van der Waals surface area (Å²) in [6, 6.07) is 10.1. The first-order valence-electron chi connectivity index (χ1n) is 8.58. The van der Waals surface area contributed by atoms with Gasteiger partial charge in [-0.1, -0.05) is 49.0 Å². The lowest BCUT2D eigenvalue weighted by molar-refractivity contribution is -0.139. The number of esters is 1. The quantitative estimate of drug-likeness (QED) is 0.429. The van der Waals surface area contributed by atoms with Gasteiger partial charge in [0, 0.05) is 18.2 Å². The highest BCUT2D eigenvalue weighted by Gasteiger charge is 2.27. The van der Waals surface area contributed by atoms with Crippen molar-refractivity contribution in [3.63, 3.8) is 0 Å². The predicted octanol–water partition coefficient (Wildman–Crippen LogP) is 3.18.